The van der Waals surface area contributed by atoms with Crippen molar-refractivity contribution in [3.8, 4) is 11.3 Å². The van der Waals surface area contributed by atoms with Crippen LogP contribution in [0.1, 0.15) is 88.2 Å². The minimum absolute atomic E-state index is 0.793. The maximum absolute atomic E-state index is 4.70. The van der Waals surface area contributed by atoms with Crippen LogP contribution in [-0.4, -0.2) is 4.98 Å². The molecule has 0 spiro atoms. The number of hydrogen-bond acceptors (Lipinski definition) is 1. The molecule has 1 aliphatic carbocycles. The fourth-order valence-corrected chi connectivity index (χ4v) is 4.04. The lowest BCUT2D eigenvalue weighted by molar-refractivity contribution is 0.607. The van der Waals surface area contributed by atoms with Crippen LogP contribution in [0.25, 0.3) is 11.3 Å². The van der Waals surface area contributed by atoms with Gasteiger partial charge in [0.05, 0.1) is 5.69 Å². The highest BCUT2D eigenvalue weighted by Crippen LogP contribution is 2.34. The monoisotopic (exact) mass is 335 g/mol. The van der Waals surface area contributed by atoms with Crippen molar-refractivity contribution in [2.24, 2.45) is 0 Å². The third-order valence-corrected chi connectivity index (χ3v) is 5.68. The zero-order valence-corrected chi connectivity index (χ0v) is 15.8. The van der Waals surface area contributed by atoms with Gasteiger partial charge < -0.3 is 0 Å². The lowest BCUT2D eigenvalue weighted by Crippen LogP contribution is -1.93. The minimum atomic E-state index is 0.793. The van der Waals surface area contributed by atoms with Gasteiger partial charge in [-0.15, -0.1) is 0 Å². The second-order valence-corrected chi connectivity index (χ2v) is 7.67. The number of rotatable bonds is 9. The maximum atomic E-state index is 4.70. The summed E-state index contributed by atoms with van der Waals surface area (Å²) in [5.74, 6) is 0.793. The third kappa shape index (κ3) is 5.42. The van der Waals surface area contributed by atoms with Crippen molar-refractivity contribution in [2.45, 2.75) is 83.5 Å². The van der Waals surface area contributed by atoms with E-state index in [1.54, 1.807) is 0 Å². The Labute approximate surface area is 153 Å². The number of hydrogen-bond donors (Lipinski definition) is 0. The highest BCUT2D eigenvalue weighted by atomic mass is 14.7. The molecular formula is C24H33N. The average Bonchev–Trinajstić information content (AvgIpc) is 3.20. The van der Waals surface area contributed by atoms with Crippen LogP contribution in [-0.2, 0) is 6.42 Å². The summed E-state index contributed by atoms with van der Waals surface area (Å²) in [6.45, 7) is 2.27. The molecule has 1 aromatic heterocycles. The van der Waals surface area contributed by atoms with Crippen molar-refractivity contribution in [2.75, 3.05) is 0 Å². The summed E-state index contributed by atoms with van der Waals surface area (Å²) in [4.78, 5) is 4.70. The van der Waals surface area contributed by atoms with Crippen molar-refractivity contribution in [3.05, 3.63) is 53.7 Å². The van der Waals surface area contributed by atoms with E-state index in [4.69, 9.17) is 4.98 Å². The molecule has 1 heteroatoms. The SMILES string of the molecule is CCCCCCCCc1ccc(-c2ccc(C3CCCC3)cc2)nc1. The van der Waals surface area contributed by atoms with E-state index in [1.807, 2.05) is 0 Å². The van der Waals surface area contributed by atoms with Crippen molar-refractivity contribution in [1.82, 2.24) is 4.98 Å². The first-order chi connectivity index (χ1) is 12.4. The molecule has 1 heterocycles. The Kier molecular flexibility index (Phi) is 7.09. The smallest absolute Gasteiger partial charge is 0.0702 e. The summed E-state index contributed by atoms with van der Waals surface area (Å²) in [5, 5.41) is 0. The normalized spacial score (nSPS) is 14.9. The minimum Gasteiger partial charge on any atom is -0.256 e. The fraction of sp³-hybridized carbons (Fsp3) is 0.542. The van der Waals surface area contributed by atoms with Gasteiger partial charge in [0, 0.05) is 11.8 Å². The van der Waals surface area contributed by atoms with E-state index in [1.165, 1.54) is 87.3 Å². The van der Waals surface area contributed by atoms with Crippen molar-refractivity contribution in [3.63, 3.8) is 0 Å². The summed E-state index contributed by atoms with van der Waals surface area (Å²) in [7, 11) is 0. The van der Waals surface area contributed by atoms with Crippen molar-refractivity contribution in [1.29, 1.82) is 0 Å². The molecule has 0 saturated heterocycles. The van der Waals surface area contributed by atoms with Crippen LogP contribution in [0.4, 0.5) is 0 Å². The molecular weight excluding hydrogens is 302 g/mol. The average molecular weight is 336 g/mol. The first kappa shape index (κ1) is 18.2. The van der Waals surface area contributed by atoms with Crippen LogP contribution < -0.4 is 0 Å². The predicted molar refractivity (Wildman–Crippen MR) is 108 cm³/mol. The van der Waals surface area contributed by atoms with Crippen LogP contribution in [0.5, 0.6) is 0 Å². The first-order valence-electron chi connectivity index (χ1n) is 10.4. The lowest BCUT2D eigenvalue weighted by Gasteiger charge is -2.10. The fourth-order valence-electron chi connectivity index (χ4n) is 4.04. The molecule has 0 amide bonds. The van der Waals surface area contributed by atoms with Gasteiger partial charge in [-0.25, -0.2) is 0 Å². The summed E-state index contributed by atoms with van der Waals surface area (Å²) in [5.41, 5.74) is 5.24. The predicted octanol–water partition coefficient (Wildman–Crippen LogP) is 7.31. The van der Waals surface area contributed by atoms with Gasteiger partial charge in [0.2, 0.25) is 0 Å². The number of unbranched alkanes of at least 4 members (excludes halogenated alkanes) is 5. The molecule has 0 radical (unpaired) electrons. The molecule has 2 aromatic rings. The van der Waals surface area contributed by atoms with Gasteiger partial charge in [-0.05, 0) is 48.8 Å². The maximum Gasteiger partial charge on any atom is 0.0702 e. The standard InChI is InChI=1S/C24H33N/c1-2-3-4-5-6-7-10-20-13-18-24(25-19-20)23-16-14-22(15-17-23)21-11-8-9-12-21/h13-19,21H,2-12H2,1H3. The molecule has 134 valence electrons. The number of pyridine rings is 1. The highest BCUT2D eigenvalue weighted by Gasteiger charge is 2.16. The molecule has 0 atom stereocenters. The molecule has 1 saturated carbocycles. The first-order valence-corrected chi connectivity index (χ1v) is 10.4. The summed E-state index contributed by atoms with van der Waals surface area (Å²) >= 11 is 0. The Hall–Kier alpha value is -1.63. The molecule has 1 aliphatic rings. The van der Waals surface area contributed by atoms with Gasteiger partial charge in [-0.1, -0.05) is 82.2 Å². The van der Waals surface area contributed by atoms with Gasteiger partial charge in [0.1, 0.15) is 0 Å². The summed E-state index contributed by atoms with van der Waals surface area (Å²) in [6.07, 6.45) is 16.9. The zero-order chi connectivity index (χ0) is 17.3. The second kappa shape index (κ2) is 9.75. The van der Waals surface area contributed by atoms with Gasteiger partial charge in [0.15, 0.2) is 0 Å². The molecule has 0 N–H and O–H groups in total. The summed E-state index contributed by atoms with van der Waals surface area (Å²) in [6, 6.07) is 13.6. The number of aryl methyl sites for hydroxylation is 1. The Morgan fingerprint density at radius 2 is 1.56 bits per heavy atom. The van der Waals surface area contributed by atoms with Crippen LogP contribution in [0, 0.1) is 0 Å². The molecule has 0 aliphatic heterocycles. The summed E-state index contributed by atoms with van der Waals surface area (Å²) < 4.78 is 0. The number of benzene rings is 1. The quantitative estimate of drug-likeness (QED) is 0.438. The second-order valence-electron chi connectivity index (χ2n) is 7.67. The Morgan fingerprint density at radius 3 is 2.24 bits per heavy atom. The number of aromatic nitrogens is 1. The zero-order valence-electron chi connectivity index (χ0n) is 15.8. The van der Waals surface area contributed by atoms with Crippen LogP contribution >= 0.6 is 0 Å². The molecule has 0 bridgehead atoms. The van der Waals surface area contributed by atoms with E-state index in [9.17, 15) is 0 Å². The molecule has 25 heavy (non-hydrogen) atoms. The van der Waals surface area contributed by atoms with Crippen LogP contribution in [0.3, 0.4) is 0 Å². The molecule has 1 fully saturated rings. The molecule has 3 rings (SSSR count). The van der Waals surface area contributed by atoms with Crippen molar-refractivity contribution >= 4 is 0 Å². The Morgan fingerprint density at radius 1 is 0.840 bits per heavy atom. The van der Waals surface area contributed by atoms with E-state index < -0.39 is 0 Å². The highest BCUT2D eigenvalue weighted by molar-refractivity contribution is 5.59. The largest absolute Gasteiger partial charge is 0.256 e. The van der Waals surface area contributed by atoms with E-state index in [0.717, 1.165) is 11.6 Å². The van der Waals surface area contributed by atoms with Gasteiger partial charge in [0.25, 0.3) is 0 Å². The van der Waals surface area contributed by atoms with Crippen LogP contribution in [0.15, 0.2) is 42.6 Å². The molecule has 1 nitrogen and oxygen atoms in total. The topological polar surface area (TPSA) is 12.9 Å². The lowest BCUT2D eigenvalue weighted by atomic mass is 9.96. The van der Waals surface area contributed by atoms with Gasteiger partial charge in [-0.2, -0.15) is 0 Å². The Balaban J connectivity index is 1.49. The molecule has 0 unspecified atom stereocenters. The van der Waals surface area contributed by atoms with E-state index in [0.29, 0.717) is 0 Å². The van der Waals surface area contributed by atoms with Gasteiger partial charge in [-0.3, -0.25) is 4.98 Å². The number of nitrogens with zero attached hydrogens (tertiary/aromatic N) is 1. The van der Waals surface area contributed by atoms with Crippen LogP contribution in [0.2, 0.25) is 0 Å². The van der Waals surface area contributed by atoms with Gasteiger partial charge >= 0.3 is 0 Å². The third-order valence-electron chi connectivity index (χ3n) is 5.68. The van der Waals surface area contributed by atoms with E-state index >= 15 is 0 Å². The van der Waals surface area contributed by atoms with E-state index in [-0.39, 0.29) is 0 Å². The Bertz CT molecular complexity index is 606. The van der Waals surface area contributed by atoms with Crippen molar-refractivity contribution < 1.29 is 0 Å². The van der Waals surface area contributed by atoms with E-state index in [2.05, 4.69) is 49.5 Å². The molecule has 1 aromatic carbocycles.